The van der Waals surface area contributed by atoms with Crippen LogP contribution in [0, 0.1) is 25.2 Å². The number of nitrogens with one attached hydrogen (secondary N) is 1. The first-order chi connectivity index (χ1) is 15.4. The van der Waals surface area contributed by atoms with Gasteiger partial charge >= 0.3 is 6.09 Å². The Morgan fingerprint density at radius 2 is 1.94 bits per heavy atom. The van der Waals surface area contributed by atoms with E-state index in [1.165, 1.54) is 4.90 Å². The van der Waals surface area contributed by atoms with Crippen molar-refractivity contribution in [3.63, 3.8) is 0 Å². The van der Waals surface area contributed by atoms with E-state index in [9.17, 15) is 15.2 Å². The maximum atomic E-state index is 11.2. The fourth-order valence-corrected chi connectivity index (χ4v) is 4.09. The zero-order valence-corrected chi connectivity index (χ0v) is 18.3. The van der Waals surface area contributed by atoms with Crippen molar-refractivity contribution in [3.05, 3.63) is 52.8 Å². The van der Waals surface area contributed by atoms with Gasteiger partial charge in [0.15, 0.2) is 5.82 Å². The predicted molar refractivity (Wildman–Crippen MR) is 122 cm³/mol. The summed E-state index contributed by atoms with van der Waals surface area (Å²) in [5, 5.41) is 32.5. The maximum Gasteiger partial charge on any atom is 0.407 e. The molecule has 0 saturated carbocycles. The summed E-state index contributed by atoms with van der Waals surface area (Å²) in [6, 6.07) is 9.85. The topological polar surface area (TPSA) is 118 Å². The maximum absolute atomic E-state index is 11.2. The lowest BCUT2D eigenvalue weighted by Gasteiger charge is -2.34. The summed E-state index contributed by atoms with van der Waals surface area (Å²) in [5.41, 5.74) is 3.41. The summed E-state index contributed by atoms with van der Waals surface area (Å²) in [6.45, 7) is 7.94. The van der Waals surface area contributed by atoms with Gasteiger partial charge in [-0.15, -0.1) is 5.10 Å². The first-order valence-corrected chi connectivity index (χ1v) is 10.5. The Morgan fingerprint density at radius 3 is 2.62 bits per heavy atom. The number of carbonyl (C=O) groups is 1. The van der Waals surface area contributed by atoms with Crippen molar-refractivity contribution >= 4 is 28.5 Å². The molecule has 2 aromatic heterocycles. The number of hydrogen-bond donors (Lipinski definition) is 2. The number of carboxylic acid groups (broad SMARTS) is 1. The van der Waals surface area contributed by atoms with Crippen molar-refractivity contribution in [1.82, 2.24) is 20.1 Å². The Kier molecular flexibility index (Phi) is 5.77. The molecule has 1 amide bonds. The van der Waals surface area contributed by atoms with Crippen LogP contribution in [0.4, 0.5) is 16.4 Å². The Labute approximate surface area is 186 Å². The Bertz CT molecular complexity index is 1210. The number of aryl methyl sites for hydroxylation is 1. The minimum Gasteiger partial charge on any atom is -0.465 e. The minimum atomic E-state index is -0.891. The molecule has 9 nitrogen and oxygen atoms in total. The third-order valence-electron chi connectivity index (χ3n) is 6.02. The van der Waals surface area contributed by atoms with Crippen LogP contribution >= 0.6 is 0 Å². The molecule has 32 heavy (non-hydrogen) atoms. The van der Waals surface area contributed by atoms with Crippen molar-refractivity contribution in [3.8, 4) is 6.07 Å². The van der Waals surface area contributed by atoms with Gasteiger partial charge in [0.25, 0.3) is 0 Å². The smallest absolute Gasteiger partial charge is 0.407 e. The van der Waals surface area contributed by atoms with Crippen LogP contribution in [-0.4, -0.2) is 57.5 Å². The van der Waals surface area contributed by atoms with Gasteiger partial charge < -0.3 is 20.2 Å². The molecule has 1 aliphatic rings. The third kappa shape index (κ3) is 3.99. The van der Waals surface area contributed by atoms with Gasteiger partial charge in [0.2, 0.25) is 0 Å². The Hall–Kier alpha value is -3.93. The summed E-state index contributed by atoms with van der Waals surface area (Å²) < 4.78 is 0. The summed E-state index contributed by atoms with van der Waals surface area (Å²) in [4.78, 5) is 19.3. The second kappa shape index (κ2) is 8.67. The van der Waals surface area contributed by atoms with Gasteiger partial charge in [-0.2, -0.15) is 10.4 Å². The highest BCUT2D eigenvalue weighted by Gasteiger charge is 2.22. The fraction of sp³-hybridized carbons (Fsp3) is 0.348. The number of nitrogens with zero attached hydrogens (tertiary/aromatic N) is 6. The molecule has 4 rings (SSSR count). The number of fused-ring (bicyclic) bond motifs is 1. The van der Waals surface area contributed by atoms with Crippen molar-refractivity contribution in [1.29, 1.82) is 5.26 Å². The third-order valence-corrected chi connectivity index (χ3v) is 6.02. The number of nitriles is 1. The summed E-state index contributed by atoms with van der Waals surface area (Å²) in [6.07, 6.45) is 0.911. The number of piperazine rings is 1. The largest absolute Gasteiger partial charge is 0.465 e. The zero-order valence-electron chi connectivity index (χ0n) is 18.3. The first-order valence-electron chi connectivity index (χ1n) is 10.5. The zero-order chi connectivity index (χ0) is 22.8. The molecule has 0 radical (unpaired) electrons. The number of amides is 1. The van der Waals surface area contributed by atoms with Gasteiger partial charge in [-0.05, 0) is 44.0 Å². The van der Waals surface area contributed by atoms with Crippen molar-refractivity contribution < 1.29 is 9.90 Å². The molecular weight excluding hydrogens is 406 g/mol. The number of benzene rings is 1. The molecule has 1 saturated heterocycles. The second-order valence-electron chi connectivity index (χ2n) is 7.98. The molecule has 0 bridgehead atoms. The summed E-state index contributed by atoms with van der Waals surface area (Å²) in [7, 11) is 0. The van der Waals surface area contributed by atoms with Gasteiger partial charge in [-0.1, -0.05) is 12.1 Å². The molecule has 3 aromatic rings. The summed E-state index contributed by atoms with van der Waals surface area (Å²) in [5.74, 6) is 1.43. The van der Waals surface area contributed by atoms with E-state index in [-0.39, 0.29) is 6.04 Å². The summed E-state index contributed by atoms with van der Waals surface area (Å²) >= 11 is 0. The van der Waals surface area contributed by atoms with Gasteiger partial charge in [0.05, 0.1) is 23.4 Å². The van der Waals surface area contributed by atoms with E-state index in [0.717, 1.165) is 33.4 Å². The molecule has 1 aromatic carbocycles. The second-order valence-corrected chi connectivity index (χ2v) is 7.98. The monoisotopic (exact) mass is 431 g/mol. The molecule has 0 unspecified atom stereocenters. The van der Waals surface area contributed by atoms with E-state index in [2.05, 4.69) is 31.5 Å². The van der Waals surface area contributed by atoms with E-state index < -0.39 is 6.09 Å². The highest BCUT2D eigenvalue weighted by Crippen LogP contribution is 2.30. The number of anilines is 2. The molecule has 9 heteroatoms. The molecule has 164 valence electrons. The van der Waals surface area contributed by atoms with E-state index in [0.29, 0.717) is 37.6 Å². The first kappa shape index (κ1) is 21.3. The van der Waals surface area contributed by atoms with Crippen LogP contribution in [0.2, 0.25) is 0 Å². The lowest BCUT2D eigenvalue weighted by molar-refractivity contribution is 0.142. The molecule has 0 spiro atoms. The molecule has 2 N–H and O–H groups in total. The normalized spacial score (nSPS) is 14.8. The SMILES string of the molecule is Cc1c(C#N)cccc1[C@@H](C)Nc1nnc(C)c2cnc(N3CCN(C(=O)O)CC3)cc12. The predicted octanol–water partition coefficient (Wildman–Crippen LogP) is 3.49. The van der Waals surface area contributed by atoms with E-state index in [1.807, 2.05) is 45.0 Å². The lowest BCUT2D eigenvalue weighted by atomic mass is 9.98. The average molecular weight is 432 g/mol. The van der Waals surface area contributed by atoms with Crippen LogP contribution < -0.4 is 10.2 Å². The minimum absolute atomic E-state index is 0.0840. The van der Waals surface area contributed by atoms with Crippen LogP contribution in [0.15, 0.2) is 30.5 Å². The Morgan fingerprint density at radius 1 is 1.19 bits per heavy atom. The van der Waals surface area contributed by atoms with Crippen LogP contribution in [0.1, 0.15) is 35.3 Å². The van der Waals surface area contributed by atoms with Crippen LogP contribution in [-0.2, 0) is 0 Å². The lowest BCUT2D eigenvalue weighted by Crippen LogP contribution is -2.48. The molecule has 1 aliphatic heterocycles. The molecule has 1 atom stereocenters. The fourth-order valence-electron chi connectivity index (χ4n) is 4.09. The van der Waals surface area contributed by atoms with Crippen LogP contribution in [0.5, 0.6) is 0 Å². The quantitative estimate of drug-likeness (QED) is 0.644. The molecule has 1 fully saturated rings. The molecular formula is C23H25N7O2. The van der Waals surface area contributed by atoms with E-state index in [4.69, 9.17) is 0 Å². The average Bonchev–Trinajstić information content (AvgIpc) is 2.81. The number of rotatable bonds is 4. The van der Waals surface area contributed by atoms with E-state index >= 15 is 0 Å². The van der Waals surface area contributed by atoms with Crippen molar-refractivity contribution in [2.24, 2.45) is 0 Å². The van der Waals surface area contributed by atoms with Crippen molar-refractivity contribution in [2.75, 3.05) is 36.4 Å². The number of aromatic nitrogens is 3. The van der Waals surface area contributed by atoms with Crippen LogP contribution in [0.3, 0.4) is 0 Å². The van der Waals surface area contributed by atoms with Gasteiger partial charge in [-0.25, -0.2) is 9.78 Å². The Balaban J connectivity index is 1.65. The molecule has 0 aliphatic carbocycles. The van der Waals surface area contributed by atoms with Gasteiger partial charge in [-0.3, -0.25) is 0 Å². The highest BCUT2D eigenvalue weighted by molar-refractivity contribution is 5.94. The van der Waals surface area contributed by atoms with E-state index in [1.54, 1.807) is 6.20 Å². The van der Waals surface area contributed by atoms with Gasteiger partial charge in [0.1, 0.15) is 5.82 Å². The number of hydrogen-bond acceptors (Lipinski definition) is 7. The molecule has 3 heterocycles. The highest BCUT2D eigenvalue weighted by atomic mass is 16.4. The van der Waals surface area contributed by atoms with Gasteiger partial charge in [0, 0.05) is 43.1 Å². The van der Waals surface area contributed by atoms with Crippen molar-refractivity contribution in [2.45, 2.75) is 26.8 Å². The number of pyridine rings is 1. The standard InChI is InChI=1S/C23H25N7O2/c1-14-17(12-24)5-4-6-18(14)15(2)26-22-19-11-21(25-13-20(19)16(3)27-28-22)29-7-9-30(10-8-29)23(31)32/h4-6,11,13,15H,7-10H2,1-3H3,(H,26,28)(H,31,32)/t15-/m1/s1. The van der Waals surface area contributed by atoms with Crippen LogP contribution in [0.25, 0.3) is 10.8 Å².